The molecule has 2 aliphatic rings. The minimum Gasteiger partial charge on any atom is -0.396 e. The molecule has 0 saturated carbocycles. The lowest BCUT2D eigenvalue weighted by Crippen LogP contribution is -2.48. The van der Waals surface area contributed by atoms with Gasteiger partial charge in [0.1, 0.15) is 5.69 Å². The Labute approximate surface area is 156 Å². The van der Waals surface area contributed by atoms with Gasteiger partial charge < -0.3 is 19.3 Å². The number of aromatic nitrogens is 1. The molecule has 0 aliphatic carbocycles. The number of aliphatic hydroxyl groups is 1. The molecule has 0 aromatic carbocycles. The second kappa shape index (κ2) is 8.11. The highest BCUT2D eigenvalue weighted by atomic mass is 16.5. The van der Waals surface area contributed by atoms with Crippen LogP contribution in [0, 0.1) is 11.8 Å². The van der Waals surface area contributed by atoms with Crippen LogP contribution in [0.3, 0.4) is 0 Å². The molecule has 2 saturated heterocycles. The fraction of sp³-hybridized carbons (Fsp3) is 0.750. The molecule has 146 valence electrons. The molecule has 0 spiro atoms. The maximum absolute atomic E-state index is 13.0. The number of aliphatic hydroxyl groups excluding tert-OH is 1. The van der Waals surface area contributed by atoms with Crippen LogP contribution < -0.4 is 0 Å². The molecule has 26 heavy (non-hydrogen) atoms. The van der Waals surface area contributed by atoms with Gasteiger partial charge in [0.2, 0.25) is 0 Å². The lowest BCUT2D eigenvalue weighted by Gasteiger charge is -2.37. The van der Waals surface area contributed by atoms with Gasteiger partial charge in [0.25, 0.3) is 5.91 Å². The van der Waals surface area contributed by atoms with E-state index >= 15 is 0 Å². The molecule has 0 bridgehead atoms. The number of hydrogen-bond acceptors (Lipinski definition) is 4. The largest absolute Gasteiger partial charge is 0.396 e. The minimum atomic E-state index is 0.0772. The average molecular weight is 364 g/mol. The summed E-state index contributed by atoms with van der Waals surface area (Å²) in [5.41, 5.74) is 0.742. The Morgan fingerprint density at radius 3 is 2.46 bits per heavy atom. The molecule has 0 radical (unpaired) electrons. The van der Waals surface area contributed by atoms with Gasteiger partial charge in [0, 0.05) is 57.5 Å². The lowest BCUT2D eigenvalue weighted by molar-refractivity contribution is -0.0726. The molecule has 6 nitrogen and oxygen atoms in total. The molecule has 1 N–H and O–H groups in total. The van der Waals surface area contributed by atoms with Crippen molar-refractivity contribution >= 4 is 5.91 Å². The first-order chi connectivity index (χ1) is 12.4. The Balaban J connectivity index is 1.66. The number of carbonyl (C=O) groups excluding carboxylic acids is 1. The van der Waals surface area contributed by atoms with Gasteiger partial charge in [-0.15, -0.1) is 0 Å². The van der Waals surface area contributed by atoms with Gasteiger partial charge in [0.15, 0.2) is 0 Å². The molecular weight excluding hydrogens is 330 g/mol. The van der Waals surface area contributed by atoms with E-state index in [0.29, 0.717) is 19.0 Å². The Hall–Kier alpha value is -1.37. The first-order valence-corrected chi connectivity index (χ1v) is 9.83. The normalized spacial score (nSPS) is 30.3. The Morgan fingerprint density at radius 1 is 1.19 bits per heavy atom. The van der Waals surface area contributed by atoms with E-state index in [4.69, 9.17) is 4.74 Å². The van der Waals surface area contributed by atoms with Crippen LogP contribution in [0.1, 0.15) is 44.2 Å². The zero-order valence-electron chi connectivity index (χ0n) is 16.5. The molecule has 6 heteroatoms. The molecule has 2 fully saturated rings. The summed E-state index contributed by atoms with van der Waals surface area (Å²) >= 11 is 0. The zero-order valence-corrected chi connectivity index (χ0v) is 16.5. The highest BCUT2D eigenvalue weighted by Crippen LogP contribution is 2.27. The van der Waals surface area contributed by atoms with Gasteiger partial charge in [-0.2, -0.15) is 0 Å². The second-order valence-electron chi connectivity index (χ2n) is 8.28. The van der Waals surface area contributed by atoms with E-state index in [2.05, 4.69) is 32.6 Å². The molecule has 0 unspecified atom stereocenters. The quantitative estimate of drug-likeness (QED) is 0.868. The van der Waals surface area contributed by atoms with Crippen molar-refractivity contribution in [3.8, 4) is 0 Å². The van der Waals surface area contributed by atoms with Gasteiger partial charge in [-0.25, -0.2) is 0 Å². The predicted molar refractivity (Wildman–Crippen MR) is 101 cm³/mol. The molecule has 1 aromatic rings. The summed E-state index contributed by atoms with van der Waals surface area (Å²) in [5.74, 6) is 0.534. The summed E-state index contributed by atoms with van der Waals surface area (Å²) in [6.07, 6.45) is 2.44. The lowest BCUT2D eigenvalue weighted by atomic mass is 9.96. The van der Waals surface area contributed by atoms with E-state index in [0.717, 1.165) is 25.3 Å². The SMILES string of the molecule is CC(C)n1cccc1C(=O)N1C[C@@H](CN2C[C@@H](C)O[C@@H](C)C2)[C@@H](CO)C1. The van der Waals surface area contributed by atoms with Crippen LogP contribution >= 0.6 is 0 Å². The first kappa shape index (κ1) is 19.4. The van der Waals surface area contributed by atoms with Crippen LogP contribution in [-0.4, -0.2) is 76.9 Å². The summed E-state index contributed by atoms with van der Waals surface area (Å²) in [5, 5.41) is 9.86. The van der Waals surface area contributed by atoms with Crippen LogP contribution in [0.25, 0.3) is 0 Å². The van der Waals surface area contributed by atoms with Gasteiger partial charge in [-0.3, -0.25) is 9.69 Å². The Morgan fingerprint density at radius 2 is 1.85 bits per heavy atom. The predicted octanol–water partition coefficient (Wildman–Crippen LogP) is 1.86. The van der Waals surface area contributed by atoms with Crippen LogP contribution in [0.4, 0.5) is 0 Å². The van der Waals surface area contributed by atoms with E-state index in [1.165, 1.54) is 0 Å². The molecule has 2 aliphatic heterocycles. The maximum Gasteiger partial charge on any atom is 0.270 e. The van der Waals surface area contributed by atoms with E-state index in [1.54, 1.807) is 0 Å². The molecule has 4 atom stereocenters. The summed E-state index contributed by atoms with van der Waals surface area (Å²) < 4.78 is 7.84. The number of carbonyl (C=O) groups is 1. The van der Waals surface area contributed by atoms with Crippen molar-refractivity contribution in [1.82, 2.24) is 14.4 Å². The molecule has 1 amide bonds. The molecule has 3 rings (SSSR count). The number of rotatable bonds is 5. The average Bonchev–Trinajstić information content (AvgIpc) is 3.20. The summed E-state index contributed by atoms with van der Waals surface area (Å²) in [6.45, 7) is 12.6. The van der Waals surface area contributed by atoms with E-state index < -0.39 is 0 Å². The first-order valence-electron chi connectivity index (χ1n) is 9.83. The highest BCUT2D eigenvalue weighted by molar-refractivity contribution is 5.93. The number of ether oxygens (including phenoxy) is 1. The van der Waals surface area contributed by atoms with Crippen molar-refractivity contribution in [3.63, 3.8) is 0 Å². The highest BCUT2D eigenvalue weighted by Gasteiger charge is 2.37. The molecule has 3 heterocycles. The van der Waals surface area contributed by atoms with Crippen molar-refractivity contribution in [3.05, 3.63) is 24.0 Å². The maximum atomic E-state index is 13.0. The Kier molecular flexibility index (Phi) is 6.05. The van der Waals surface area contributed by atoms with Gasteiger partial charge >= 0.3 is 0 Å². The van der Waals surface area contributed by atoms with Crippen molar-refractivity contribution in [2.45, 2.75) is 45.9 Å². The number of amides is 1. The van der Waals surface area contributed by atoms with Crippen LogP contribution in [0.15, 0.2) is 18.3 Å². The van der Waals surface area contributed by atoms with Crippen molar-refractivity contribution < 1.29 is 14.6 Å². The topological polar surface area (TPSA) is 57.9 Å². The third kappa shape index (κ3) is 4.13. The number of morpholine rings is 1. The third-order valence-corrected chi connectivity index (χ3v) is 5.64. The van der Waals surface area contributed by atoms with E-state index in [-0.39, 0.29) is 36.7 Å². The number of hydrogen-bond donors (Lipinski definition) is 1. The summed E-state index contributed by atoms with van der Waals surface area (Å²) in [6, 6.07) is 4.09. The number of likely N-dealkylation sites (tertiary alicyclic amines) is 1. The Bertz CT molecular complexity index is 605. The molecule has 1 aromatic heterocycles. The standard InChI is InChI=1S/C20H33N3O3/c1-14(2)23-7-5-6-19(23)20(25)22-11-17(18(12-22)13-24)10-21-8-15(3)26-16(4)9-21/h5-7,14-18,24H,8-13H2,1-4H3/t15-,16+,17-,18-/m1/s1. The third-order valence-electron chi connectivity index (χ3n) is 5.64. The van der Waals surface area contributed by atoms with Crippen molar-refractivity contribution in [2.75, 3.05) is 39.3 Å². The summed E-state index contributed by atoms with van der Waals surface area (Å²) in [7, 11) is 0. The summed E-state index contributed by atoms with van der Waals surface area (Å²) in [4.78, 5) is 17.4. The molecular formula is C20H33N3O3. The fourth-order valence-corrected chi connectivity index (χ4v) is 4.47. The van der Waals surface area contributed by atoms with Crippen LogP contribution in [-0.2, 0) is 4.74 Å². The van der Waals surface area contributed by atoms with Crippen molar-refractivity contribution in [1.29, 1.82) is 0 Å². The van der Waals surface area contributed by atoms with Gasteiger partial charge in [-0.1, -0.05) is 0 Å². The van der Waals surface area contributed by atoms with Crippen molar-refractivity contribution in [2.24, 2.45) is 11.8 Å². The van der Waals surface area contributed by atoms with Gasteiger partial charge in [0.05, 0.1) is 12.2 Å². The monoisotopic (exact) mass is 363 g/mol. The van der Waals surface area contributed by atoms with E-state index in [9.17, 15) is 9.90 Å². The fourth-order valence-electron chi connectivity index (χ4n) is 4.47. The van der Waals surface area contributed by atoms with Crippen LogP contribution in [0.2, 0.25) is 0 Å². The number of nitrogens with zero attached hydrogens (tertiary/aromatic N) is 3. The minimum absolute atomic E-state index is 0.0772. The zero-order chi connectivity index (χ0) is 18.8. The smallest absolute Gasteiger partial charge is 0.270 e. The van der Waals surface area contributed by atoms with Gasteiger partial charge in [-0.05, 0) is 45.7 Å². The van der Waals surface area contributed by atoms with E-state index in [1.807, 2.05) is 27.8 Å². The van der Waals surface area contributed by atoms with Crippen LogP contribution in [0.5, 0.6) is 0 Å². The second-order valence-corrected chi connectivity index (χ2v) is 8.28.